The maximum atomic E-state index is 14.1. The Labute approximate surface area is 179 Å². The Balaban J connectivity index is 1.67. The first-order valence-corrected chi connectivity index (χ1v) is 9.91. The minimum atomic E-state index is -0.411. The van der Waals surface area contributed by atoms with Crippen LogP contribution in [0.25, 0.3) is 22.8 Å². The molecule has 0 bridgehead atoms. The summed E-state index contributed by atoms with van der Waals surface area (Å²) in [7, 11) is 0. The molecule has 156 valence electrons. The van der Waals surface area contributed by atoms with Crippen LogP contribution < -0.4 is 0 Å². The van der Waals surface area contributed by atoms with Gasteiger partial charge < -0.3 is 14.4 Å². The van der Waals surface area contributed by atoms with Gasteiger partial charge in [0.1, 0.15) is 5.82 Å². The minimum absolute atomic E-state index is 0.156. The second-order valence-corrected chi connectivity index (χ2v) is 6.99. The summed E-state index contributed by atoms with van der Waals surface area (Å²) in [6, 6.07) is 22.8. The van der Waals surface area contributed by atoms with Crippen molar-refractivity contribution < 1.29 is 18.7 Å². The van der Waals surface area contributed by atoms with Crippen LogP contribution in [0.2, 0.25) is 0 Å². The highest BCUT2D eigenvalue weighted by atomic mass is 19.1. The van der Waals surface area contributed by atoms with Gasteiger partial charge in [0.25, 0.3) is 5.91 Å². The van der Waals surface area contributed by atoms with Crippen LogP contribution in [0.15, 0.2) is 89.5 Å². The van der Waals surface area contributed by atoms with E-state index in [1.165, 1.54) is 12.3 Å². The summed E-state index contributed by atoms with van der Waals surface area (Å²) in [5.74, 6) is -0.150. The predicted octanol–water partition coefficient (Wildman–Crippen LogP) is 4.78. The lowest BCUT2D eigenvalue weighted by Crippen LogP contribution is -2.33. The molecule has 5 nitrogen and oxygen atoms in total. The van der Waals surface area contributed by atoms with Gasteiger partial charge in [0.05, 0.1) is 23.9 Å². The summed E-state index contributed by atoms with van der Waals surface area (Å²) in [5.41, 5.74) is 2.16. The Hall–Kier alpha value is -3.77. The molecule has 0 atom stereocenters. The lowest BCUT2D eigenvalue weighted by Gasteiger charge is -2.23. The first kappa shape index (κ1) is 20.5. The van der Waals surface area contributed by atoms with Gasteiger partial charge in [-0.15, -0.1) is 0 Å². The molecule has 3 aromatic carbocycles. The molecule has 1 amide bonds. The van der Waals surface area contributed by atoms with Gasteiger partial charge in [0, 0.05) is 18.7 Å². The van der Waals surface area contributed by atoms with E-state index in [4.69, 9.17) is 4.42 Å². The maximum absolute atomic E-state index is 14.1. The van der Waals surface area contributed by atoms with Crippen molar-refractivity contribution in [2.45, 2.75) is 6.54 Å². The van der Waals surface area contributed by atoms with Crippen molar-refractivity contribution in [1.82, 2.24) is 9.88 Å². The van der Waals surface area contributed by atoms with E-state index in [0.717, 1.165) is 5.56 Å². The van der Waals surface area contributed by atoms with Crippen molar-refractivity contribution in [3.63, 3.8) is 0 Å². The number of nitrogens with zero attached hydrogens (tertiary/aromatic N) is 2. The van der Waals surface area contributed by atoms with E-state index in [1.807, 2.05) is 30.3 Å². The summed E-state index contributed by atoms with van der Waals surface area (Å²) >= 11 is 0. The third-order valence-electron chi connectivity index (χ3n) is 4.91. The Kier molecular flexibility index (Phi) is 6.19. The Morgan fingerprint density at radius 3 is 2.35 bits per heavy atom. The van der Waals surface area contributed by atoms with Gasteiger partial charge in [0.15, 0.2) is 5.76 Å². The fourth-order valence-electron chi connectivity index (χ4n) is 3.39. The highest BCUT2D eigenvalue weighted by molar-refractivity contribution is 6.00. The first-order valence-electron chi connectivity index (χ1n) is 9.91. The number of aliphatic hydroxyl groups is 1. The molecule has 0 radical (unpaired) electrons. The van der Waals surface area contributed by atoms with Crippen molar-refractivity contribution in [2.24, 2.45) is 0 Å². The van der Waals surface area contributed by atoms with Crippen molar-refractivity contribution in [3.05, 3.63) is 102 Å². The van der Waals surface area contributed by atoms with Crippen LogP contribution >= 0.6 is 0 Å². The van der Waals surface area contributed by atoms with E-state index in [1.54, 1.807) is 47.4 Å². The van der Waals surface area contributed by atoms with E-state index >= 15 is 0 Å². The van der Waals surface area contributed by atoms with Gasteiger partial charge in [-0.05, 0) is 29.8 Å². The average Bonchev–Trinajstić information content (AvgIpc) is 3.29. The number of hydrogen-bond acceptors (Lipinski definition) is 4. The van der Waals surface area contributed by atoms with Crippen molar-refractivity contribution in [1.29, 1.82) is 0 Å². The highest BCUT2D eigenvalue weighted by Crippen LogP contribution is 2.30. The number of halogens is 1. The van der Waals surface area contributed by atoms with Crippen molar-refractivity contribution in [3.8, 4) is 22.8 Å². The molecule has 0 spiro atoms. The SMILES string of the molecule is O=C(c1ccccc1-c1ncc(-c2ccccc2F)o1)N(CCO)Cc1ccccc1. The number of aromatic nitrogens is 1. The zero-order valence-corrected chi connectivity index (χ0v) is 16.7. The third kappa shape index (κ3) is 4.54. The monoisotopic (exact) mass is 416 g/mol. The van der Waals surface area contributed by atoms with Crippen LogP contribution in [0.1, 0.15) is 15.9 Å². The standard InChI is InChI=1S/C25H21FN2O3/c26-22-13-7-6-12-21(22)23-16-27-24(31-23)19-10-4-5-11-20(19)25(30)28(14-15-29)17-18-8-2-1-3-9-18/h1-13,16,29H,14-15,17H2. The zero-order valence-electron chi connectivity index (χ0n) is 16.7. The number of oxazole rings is 1. The fraction of sp³-hybridized carbons (Fsp3) is 0.120. The summed E-state index contributed by atoms with van der Waals surface area (Å²) < 4.78 is 19.9. The average molecular weight is 416 g/mol. The fourth-order valence-corrected chi connectivity index (χ4v) is 3.39. The minimum Gasteiger partial charge on any atom is -0.436 e. The Morgan fingerprint density at radius 2 is 1.61 bits per heavy atom. The molecule has 0 saturated heterocycles. The molecule has 1 N–H and O–H groups in total. The molecule has 0 saturated carbocycles. The van der Waals surface area contributed by atoms with Crippen LogP contribution in [0, 0.1) is 5.82 Å². The van der Waals surface area contributed by atoms with Crippen molar-refractivity contribution in [2.75, 3.05) is 13.2 Å². The second-order valence-electron chi connectivity index (χ2n) is 6.99. The first-order chi connectivity index (χ1) is 15.2. The number of benzene rings is 3. The molecule has 0 fully saturated rings. The third-order valence-corrected chi connectivity index (χ3v) is 4.91. The molecule has 0 unspecified atom stereocenters. The summed E-state index contributed by atoms with van der Waals surface area (Å²) in [6.45, 7) is 0.395. The normalized spacial score (nSPS) is 10.8. The largest absolute Gasteiger partial charge is 0.436 e. The number of amides is 1. The Bertz CT molecular complexity index is 1170. The van der Waals surface area contributed by atoms with Gasteiger partial charge in [0.2, 0.25) is 5.89 Å². The number of carbonyl (C=O) groups excluding carboxylic acids is 1. The zero-order chi connectivity index (χ0) is 21.6. The maximum Gasteiger partial charge on any atom is 0.255 e. The number of aliphatic hydroxyl groups excluding tert-OH is 1. The lowest BCUT2D eigenvalue weighted by molar-refractivity contribution is 0.0708. The molecule has 4 rings (SSSR count). The quantitative estimate of drug-likeness (QED) is 0.471. The predicted molar refractivity (Wildman–Crippen MR) is 116 cm³/mol. The molecule has 31 heavy (non-hydrogen) atoms. The Morgan fingerprint density at radius 1 is 0.935 bits per heavy atom. The number of carbonyl (C=O) groups is 1. The van der Waals surface area contributed by atoms with Crippen LogP contribution in [0.4, 0.5) is 4.39 Å². The van der Waals surface area contributed by atoms with Crippen LogP contribution in [-0.4, -0.2) is 34.0 Å². The van der Waals surface area contributed by atoms with Crippen LogP contribution in [-0.2, 0) is 6.54 Å². The van der Waals surface area contributed by atoms with E-state index in [2.05, 4.69) is 4.98 Å². The van der Waals surface area contributed by atoms with Crippen molar-refractivity contribution >= 4 is 5.91 Å². The molecular formula is C25H21FN2O3. The smallest absolute Gasteiger partial charge is 0.255 e. The second kappa shape index (κ2) is 9.36. The summed E-state index contributed by atoms with van der Waals surface area (Å²) in [6.07, 6.45) is 1.45. The van der Waals surface area contributed by atoms with Crippen LogP contribution in [0.3, 0.4) is 0 Å². The van der Waals surface area contributed by atoms with Gasteiger partial charge >= 0.3 is 0 Å². The van der Waals surface area contributed by atoms with E-state index in [0.29, 0.717) is 23.2 Å². The van der Waals surface area contributed by atoms with E-state index in [9.17, 15) is 14.3 Å². The topological polar surface area (TPSA) is 66.6 Å². The van der Waals surface area contributed by atoms with Gasteiger partial charge in [-0.25, -0.2) is 9.37 Å². The summed E-state index contributed by atoms with van der Waals surface area (Å²) in [4.78, 5) is 19.2. The highest BCUT2D eigenvalue weighted by Gasteiger charge is 2.22. The molecular weight excluding hydrogens is 395 g/mol. The molecule has 6 heteroatoms. The molecule has 0 aliphatic carbocycles. The van der Waals surface area contributed by atoms with Crippen LogP contribution in [0.5, 0.6) is 0 Å². The van der Waals surface area contributed by atoms with Gasteiger partial charge in [-0.3, -0.25) is 4.79 Å². The van der Waals surface area contributed by atoms with E-state index < -0.39 is 5.82 Å². The molecule has 1 aromatic heterocycles. The van der Waals surface area contributed by atoms with Gasteiger partial charge in [-0.1, -0.05) is 54.6 Å². The number of hydrogen-bond donors (Lipinski definition) is 1. The molecule has 0 aliphatic rings. The van der Waals surface area contributed by atoms with E-state index in [-0.39, 0.29) is 30.7 Å². The molecule has 0 aliphatic heterocycles. The molecule has 1 heterocycles. The number of rotatable bonds is 7. The summed E-state index contributed by atoms with van der Waals surface area (Å²) in [5, 5.41) is 9.49. The van der Waals surface area contributed by atoms with Gasteiger partial charge in [-0.2, -0.15) is 0 Å². The molecule has 4 aromatic rings. The lowest BCUT2D eigenvalue weighted by atomic mass is 10.1.